The Balaban J connectivity index is 2.54. The van der Waals surface area contributed by atoms with Gasteiger partial charge in [-0.3, -0.25) is 9.88 Å². The lowest BCUT2D eigenvalue weighted by molar-refractivity contribution is 0.327. The molecular formula is C12H15N2. The maximum Gasteiger partial charge on any atom is 0.0889 e. The first-order valence-corrected chi connectivity index (χ1v) is 4.62. The van der Waals surface area contributed by atoms with E-state index in [1.54, 1.807) is 6.20 Å². The molecule has 0 aliphatic heterocycles. The molecule has 2 heteroatoms. The molecule has 73 valence electrons. The average Bonchev–Trinajstić information content (AvgIpc) is 2.20. The highest BCUT2D eigenvalue weighted by Gasteiger charge is 2.01. The van der Waals surface area contributed by atoms with Gasteiger partial charge in [0.2, 0.25) is 0 Å². The summed E-state index contributed by atoms with van der Waals surface area (Å²) in [6, 6.07) is 3.90. The van der Waals surface area contributed by atoms with Crippen LogP contribution in [0, 0.1) is 6.20 Å². The monoisotopic (exact) mass is 187 g/mol. The van der Waals surface area contributed by atoms with Crippen LogP contribution in [0.1, 0.15) is 5.56 Å². The highest BCUT2D eigenvalue weighted by Crippen LogP contribution is 2.02. The molecule has 0 N–H and O–H groups in total. The van der Waals surface area contributed by atoms with Crippen LogP contribution in [0.3, 0.4) is 0 Å². The van der Waals surface area contributed by atoms with E-state index in [4.69, 9.17) is 0 Å². The van der Waals surface area contributed by atoms with Gasteiger partial charge in [-0.2, -0.15) is 0 Å². The second-order valence-corrected chi connectivity index (χ2v) is 3.06. The summed E-state index contributed by atoms with van der Waals surface area (Å²) >= 11 is 0. The minimum atomic E-state index is 0.869. The van der Waals surface area contributed by atoms with Gasteiger partial charge in [-0.25, -0.2) is 0 Å². The Hall–Kier alpha value is -1.41. The SMILES string of the molecule is C=CCN(CC=C)Cc1c[c]ncc1. The van der Waals surface area contributed by atoms with Crippen molar-refractivity contribution in [2.24, 2.45) is 0 Å². The van der Waals surface area contributed by atoms with E-state index in [1.165, 1.54) is 5.56 Å². The number of aromatic nitrogens is 1. The third-order valence-electron chi connectivity index (χ3n) is 1.87. The summed E-state index contributed by atoms with van der Waals surface area (Å²) in [6.07, 6.45) is 8.38. The van der Waals surface area contributed by atoms with Crippen LogP contribution < -0.4 is 0 Å². The van der Waals surface area contributed by atoms with Gasteiger partial charge in [-0.15, -0.1) is 13.2 Å². The van der Waals surface area contributed by atoms with Crippen LogP contribution in [0.2, 0.25) is 0 Å². The zero-order valence-electron chi connectivity index (χ0n) is 8.32. The molecule has 0 atom stereocenters. The van der Waals surface area contributed by atoms with Crippen LogP contribution in [-0.2, 0) is 6.54 Å². The minimum Gasteiger partial charge on any atom is -0.292 e. The molecular weight excluding hydrogens is 172 g/mol. The van der Waals surface area contributed by atoms with Crippen molar-refractivity contribution in [3.05, 3.63) is 55.4 Å². The fraction of sp³-hybridized carbons (Fsp3) is 0.250. The first-order valence-electron chi connectivity index (χ1n) is 4.62. The Kier molecular flexibility index (Phi) is 4.65. The van der Waals surface area contributed by atoms with Crippen LogP contribution in [0.25, 0.3) is 0 Å². The van der Waals surface area contributed by atoms with E-state index in [0.717, 1.165) is 19.6 Å². The maximum absolute atomic E-state index is 3.86. The summed E-state index contributed by atoms with van der Waals surface area (Å²) < 4.78 is 0. The average molecular weight is 187 g/mol. The lowest BCUT2D eigenvalue weighted by Crippen LogP contribution is -2.23. The molecule has 0 saturated heterocycles. The molecule has 0 amide bonds. The van der Waals surface area contributed by atoms with E-state index in [0.29, 0.717) is 0 Å². The zero-order valence-corrected chi connectivity index (χ0v) is 8.32. The van der Waals surface area contributed by atoms with E-state index in [-0.39, 0.29) is 0 Å². The molecule has 0 bridgehead atoms. The largest absolute Gasteiger partial charge is 0.292 e. The van der Waals surface area contributed by atoms with Crippen molar-refractivity contribution in [1.29, 1.82) is 0 Å². The zero-order chi connectivity index (χ0) is 10.2. The van der Waals surface area contributed by atoms with Gasteiger partial charge >= 0.3 is 0 Å². The summed E-state index contributed by atoms with van der Waals surface area (Å²) in [5.74, 6) is 0. The molecule has 0 aromatic carbocycles. The van der Waals surface area contributed by atoms with E-state index in [2.05, 4.69) is 29.2 Å². The molecule has 2 nitrogen and oxygen atoms in total. The molecule has 0 spiro atoms. The fourth-order valence-electron chi connectivity index (χ4n) is 1.27. The summed E-state index contributed by atoms with van der Waals surface area (Å²) in [5.41, 5.74) is 1.21. The van der Waals surface area contributed by atoms with Crippen LogP contribution >= 0.6 is 0 Å². The van der Waals surface area contributed by atoms with Crippen molar-refractivity contribution < 1.29 is 0 Å². The molecule has 0 aliphatic carbocycles. The van der Waals surface area contributed by atoms with Gasteiger partial charge in [0.1, 0.15) is 0 Å². The third kappa shape index (κ3) is 3.54. The normalized spacial score (nSPS) is 10.1. The van der Waals surface area contributed by atoms with Crippen LogP contribution in [-0.4, -0.2) is 23.0 Å². The molecule has 1 heterocycles. The number of rotatable bonds is 6. The molecule has 1 rings (SSSR count). The van der Waals surface area contributed by atoms with Crippen LogP contribution in [0.4, 0.5) is 0 Å². The summed E-state index contributed by atoms with van der Waals surface area (Å²) in [7, 11) is 0. The Labute approximate surface area is 85.6 Å². The second kappa shape index (κ2) is 6.11. The Morgan fingerprint density at radius 3 is 2.57 bits per heavy atom. The topological polar surface area (TPSA) is 16.1 Å². The maximum atomic E-state index is 3.86. The Bertz CT molecular complexity index is 270. The van der Waals surface area contributed by atoms with Crippen molar-refractivity contribution in [3.8, 4) is 0 Å². The molecule has 0 unspecified atom stereocenters. The molecule has 0 aliphatic rings. The second-order valence-electron chi connectivity index (χ2n) is 3.06. The van der Waals surface area contributed by atoms with Gasteiger partial charge in [-0.05, 0) is 17.7 Å². The standard InChI is InChI=1S/C12H15N2/c1-3-9-14(10-4-2)11-12-5-7-13-8-6-12/h3-7H,1-2,9-11H2. The van der Waals surface area contributed by atoms with E-state index in [9.17, 15) is 0 Å². The van der Waals surface area contributed by atoms with E-state index in [1.807, 2.05) is 24.3 Å². The quantitative estimate of drug-likeness (QED) is 0.634. The van der Waals surface area contributed by atoms with Crippen molar-refractivity contribution >= 4 is 0 Å². The van der Waals surface area contributed by atoms with Gasteiger partial charge in [0.25, 0.3) is 0 Å². The number of hydrogen-bond acceptors (Lipinski definition) is 2. The first-order chi connectivity index (χ1) is 6.86. The van der Waals surface area contributed by atoms with Crippen LogP contribution in [0.5, 0.6) is 0 Å². The molecule has 1 aromatic heterocycles. The number of pyridine rings is 1. The fourth-order valence-corrected chi connectivity index (χ4v) is 1.27. The number of hydrogen-bond donors (Lipinski definition) is 0. The number of nitrogens with zero attached hydrogens (tertiary/aromatic N) is 2. The predicted molar refractivity (Wildman–Crippen MR) is 58.7 cm³/mol. The molecule has 0 saturated carbocycles. The minimum absolute atomic E-state index is 0.869. The highest BCUT2D eigenvalue weighted by atomic mass is 15.1. The summed E-state index contributed by atoms with van der Waals surface area (Å²) in [4.78, 5) is 6.10. The van der Waals surface area contributed by atoms with Crippen molar-refractivity contribution in [2.45, 2.75) is 6.54 Å². The van der Waals surface area contributed by atoms with Gasteiger partial charge in [-0.1, -0.05) is 12.2 Å². The van der Waals surface area contributed by atoms with Crippen LogP contribution in [0.15, 0.2) is 43.6 Å². The van der Waals surface area contributed by atoms with Crippen molar-refractivity contribution in [3.63, 3.8) is 0 Å². The van der Waals surface area contributed by atoms with E-state index >= 15 is 0 Å². The van der Waals surface area contributed by atoms with E-state index < -0.39 is 0 Å². The lowest BCUT2D eigenvalue weighted by atomic mass is 10.2. The van der Waals surface area contributed by atoms with Crippen molar-refractivity contribution in [2.75, 3.05) is 13.1 Å². The first kappa shape index (κ1) is 10.7. The highest BCUT2D eigenvalue weighted by molar-refractivity contribution is 5.09. The van der Waals surface area contributed by atoms with Gasteiger partial charge in [0.05, 0.1) is 6.20 Å². The third-order valence-corrected chi connectivity index (χ3v) is 1.87. The van der Waals surface area contributed by atoms with Crippen molar-refractivity contribution in [1.82, 2.24) is 9.88 Å². The lowest BCUT2D eigenvalue weighted by Gasteiger charge is -2.18. The Morgan fingerprint density at radius 2 is 2.07 bits per heavy atom. The smallest absolute Gasteiger partial charge is 0.0889 e. The Morgan fingerprint density at radius 1 is 1.36 bits per heavy atom. The summed E-state index contributed by atoms with van der Waals surface area (Å²) in [6.45, 7) is 10.1. The predicted octanol–water partition coefficient (Wildman–Crippen LogP) is 2.06. The summed E-state index contributed by atoms with van der Waals surface area (Å²) in [5, 5.41) is 0. The van der Waals surface area contributed by atoms with Gasteiger partial charge < -0.3 is 0 Å². The molecule has 1 radical (unpaired) electrons. The van der Waals surface area contributed by atoms with Gasteiger partial charge in [0, 0.05) is 25.8 Å². The molecule has 0 fully saturated rings. The van der Waals surface area contributed by atoms with Gasteiger partial charge in [0.15, 0.2) is 0 Å². The molecule has 1 aromatic rings. The molecule has 14 heavy (non-hydrogen) atoms.